The van der Waals surface area contributed by atoms with Crippen LogP contribution in [0.2, 0.25) is 0 Å². The maximum absolute atomic E-state index is 13.9. The number of halogens is 1. The summed E-state index contributed by atoms with van der Waals surface area (Å²) in [7, 11) is 0. The van der Waals surface area contributed by atoms with Gasteiger partial charge >= 0.3 is 5.97 Å². The van der Waals surface area contributed by atoms with E-state index in [4.69, 9.17) is 15.3 Å². The van der Waals surface area contributed by atoms with Crippen molar-refractivity contribution in [3.63, 3.8) is 0 Å². The van der Waals surface area contributed by atoms with E-state index in [1.54, 1.807) is 6.07 Å². The van der Waals surface area contributed by atoms with Gasteiger partial charge in [0.25, 0.3) is 0 Å². The van der Waals surface area contributed by atoms with Crippen molar-refractivity contribution in [3.05, 3.63) is 35.8 Å². The molecule has 0 amide bonds. The Balaban J connectivity index is 2.59. The highest BCUT2D eigenvalue weighted by Gasteiger charge is 2.23. The zero-order chi connectivity index (χ0) is 11.7. The van der Waals surface area contributed by atoms with E-state index in [-0.39, 0.29) is 17.5 Å². The predicted octanol–water partition coefficient (Wildman–Crippen LogP) is 1.70. The number of hydrogen-bond donors (Lipinski definition) is 2. The van der Waals surface area contributed by atoms with E-state index in [0.29, 0.717) is 5.58 Å². The molecule has 16 heavy (non-hydrogen) atoms. The summed E-state index contributed by atoms with van der Waals surface area (Å²) in [6.07, 6.45) is 1.36. The number of furan rings is 1. The molecule has 0 aliphatic heterocycles. The molecular formula is C11H10FNO3. The van der Waals surface area contributed by atoms with Crippen molar-refractivity contribution in [2.24, 2.45) is 5.73 Å². The van der Waals surface area contributed by atoms with Gasteiger partial charge in [-0.25, -0.2) is 4.39 Å². The van der Waals surface area contributed by atoms with Crippen LogP contribution in [0.25, 0.3) is 11.0 Å². The van der Waals surface area contributed by atoms with E-state index in [1.807, 2.05) is 0 Å². The average molecular weight is 223 g/mol. The molecule has 1 heterocycles. The van der Waals surface area contributed by atoms with E-state index in [2.05, 4.69) is 0 Å². The van der Waals surface area contributed by atoms with Gasteiger partial charge in [-0.1, -0.05) is 6.07 Å². The van der Waals surface area contributed by atoms with Crippen LogP contribution in [0.5, 0.6) is 0 Å². The number of carboxylic acid groups (broad SMARTS) is 1. The molecule has 0 radical (unpaired) electrons. The maximum Gasteiger partial charge on any atom is 0.312 e. The van der Waals surface area contributed by atoms with Crippen LogP contribution in [0.1, 0.15) is 11.5 Å². The van der Waals surface area contributed by atoms with Crippen LogP contribution in [0.4, 0.5) is 4.39 Å². The minimum atomic E-state index is -1.13. The highest BCUT2D eigenvalue weighted by Crippen LogP contribution is 2.26. The minimum absolute atomic E-state index is 0.0869. The lowest BCUT2D eigenvalue weighted by molar-refractivity contribution is -0.138. The molecule has 84 valence electrons. The van der Waals surface area contributed by atoms with Gasteiger partial charge in [-0.05, 0) is 12.1 Å². The number of fused-ring (bicyclic) bond motifs is 1. The van der Waals surface area contributed by atoms with Gasteiger partial charge < -0.3 is 15.3 Å². The molecule has 0 bridgehead atoms. The Morgan fingerprint density at radius 1 is 1.50 bits per heavy atom. The third-order valence-corrected chi connectivity index (χ3v) is 2.51. The molecular weight excluding hydrogens is 213 g/mol. The number of benzene rings is 1. The molecule has 2 aromatic rings. The number of hydrogen-bond acceptors (Lipinski definition) is 3. The highest BCUT2D eigenvalue weighted by atomic mass is 19.1. The summed E-state index contributed by atoms with van der Waals surface area (Å²) in [4.78, 5) is 10.9. The van der Waals surface area contributed by atoms with Gasteiger partial charge in [0.15, 0.2) is 0 Å². The van der Waals surface area contributed by atoms with Crippen LogP contribution in [-0.2, 0) is 4.79 Å². The number of rotatable bonds is 3. The van der Waals surface area contributed by atoms with Gasteiger partial charge in [0.05, 0.1) is 17.6 Å². The normalized spacial score (nSPS) is 12.9. The lowest BCUT2D eigenvalue weighted by atomic mass is 9.97. The molecule has 0 saturated carbocycles. The second-order valence-corrected chi connectivity index (χ2v) is 3.43. The Labute approximate surface area is 90.5 Å². The number of carbonyl (C=O) groups is 1. The molecule has 0 aliphatic rings. The van der Waals surface area contributed by atoms with E-state index in [0.717, 1.165) is 0 Å². The summed E-state index contributed by atoms with van der Waals surface area (Å²) < 4.78 is 18.9. The molecule has 0 fully saturated rings. The molecule has 1 aromatic carbocycles. The van der Waals surface area contributed by atoms with Crippen molar-refractivity contribution < 1.29 is 18.7 Å². The van der Waals surface area contributed by atoms with Crippen molar-refractivity contribution in [2.45, 2.75) is 5.92 Å². The van der Waals surface area contributed by atoms with Crippen LogP contribution in [-0.4, -0.2) is 17.6 Å². The smallest absolute Gasteiger partial charge is 0.312 e. The zero-order valence-electron chi connectivity index (χ0n) is 8.31. The van der Waals surface area contributed by atoms with Crippen molar-refractivity contribution >= 4 is 16.9 Å². The molecule has 3 N–H and O–H groups in total. The molecule has 0 spiro atoms. The first-order valence-electron chi connectivity index (χ1n) is 4.73. The van der Waals surface area contributed by atoms with Crippen molar-refractivity contribution in [3.8, 4) is 0 Å². The standard InChI is InChI=1S/C11H10FNO3/c12-10-6(8(5-13)11(14)15)1-2-9-7(10)3-4-16-9/h1-4,8H,5,13H2,(H,14,15). The van der Waals surface area contributed by atoms with Gasteiger partial charge in [-0.2, -0.15) is 0 Å². The largest absolute Gasteiger partial charge is 0.481 e. The number of carboxylic acids is 1. The summed E-state index contributed by atoms with van der Waals surface area (Å²) in [5.41, 5.74) is 5.80. The first-order chi connectivity index (χ1) is 7.65. The lowest BCUT2D eigenvalue weighted by Crippen LogP contribution is -2.22. The Bertz CT molecular complexity index is 535. The second kappa shape index (κ2) is 3.94. The topological polar surface area (TPSA) is 76.5 Å². The summed E-state index contributed by atoms with van der Waals surface area (Å²) in [5.74, 6) is -2.74. The maximum atomic E-state index is 13.9. The summed E-state index contributed by atoms with van der Waals surface area (Å²) >= 11 is 0. The first kappa shape index (κ1) is 10.6. The van der Waals surface area contributed by atoms with Gasteiger partial charge in [0.1, 0.15) is 11.4 Å². The van der Waals surface area contributed by atoms with Crippen molar-refractivity contribution in [1.82, 2.24) is 0 Å². The Hall–Kier alpha value is -1.88. The van der Waals surface area contributed by atoms with Crippen LogP contribution < -0.4 is 5.73 Å². The molecule has 5 heteroatoms. The summed E-state index contributed by atoms with van der Waals surface area (Å²) in [6.45, 7) is -0.143. The molecule has 1 atom stereocenters. The molecule has 1 unspecified atom stereocenters. The molecule has 1 aromatic heterocycles. The molecule has 0 saturated heterocycles. The number of aliphatic carboxylic acids is 1. The van der Waals surface area contributed by atoms with E-state index >= 15 is 0 Å². The second-order valence-electron chi connectivity index (χ2n) is 3.43. The van der Waals surface area contributed by atoms with Crippen LogP contribution >= 0.6 is 0 Å². The SMILES string of the molecule is NCC(C(=O)O)c1ccc2occc2c1F. The lowest BCUT2D eigenvalue weighted by Gasteiger charge is -2.11. The van der Waals surface area contributed by atoms with E-state index < -0.39 is 17.7 Å². The predicted molar refractivity (Wildman–Crippen MR) is 55.6 cm³/mol. The summed E-state index contributed by atoms with van der Waals surface area (Å²) in [6, 6.07) is 4.40. The fraction of sp³-hybridized carbons (Fsp3) is 0.182. The Morgan fingerprint density at radius 3 is 2.88 bits per heavy atom. The van der Waals surface area contributed by atoms with Crippen LogP contribution in [0.15, 0.2) is 28.9 Å². The van der Waals surface area contributed by atoms with Gasteiger partial charge in [0.2, 0.25) is 0 Å². The zero-order valence-corrected chi connectivity index (χ0v) is 8.31. The van der Waals surface area contributed by atoms with Crippen molar-refractivity contribution in [2.75, 3.05) is 6.54 Å². The first-order valence-corrected chi connectivity index (χ1v) is 4.73. The van der Waals surface area contributed by atoms with Crippen LogP contribution in [0, 0.1) is 5.82 Å². The van der Waals surface area contributed by atoms with Crippen LogP contribution in [0.3, 0.4) is 0 Å². The van der Waals surface area contributed by atoms with E-state index in [9.17, 15) is 9.18 Å². The van der Waals surface area contributed by atoms with Crippen molar-refractivity contribution in [1.29, 1.82) is 0 Å². The number of nitrogens with two attached hydrogens (primary N) is 1. The van der Waals surface area contributed by atoms with Gasteiger partial charge in [0, 0.05) is 12.1 Å². The molecule has 0 aliphatic carbocycles. The van der Waals surface area contributed by atoms with E-state index in [1.165, 1.54) is 18.4 Å². The Kier molecular flexibility index (Phi) is 2.62. The quantitative estimate of drug-likeness (QED) is 0.830. The fourth-order valence-electron chi connectivity index (χ4n) is 1.66. The molecule has 2 rings (SSSR count). The monoisotopic (exact) mass is 223 g/mol. The summed E-state index contributed by atoms with van der Waals surface area (Å²) in [5, 5.41) is 9.18. The fourth-order valence-corrected chi connectivity index (χ4v) is 1.66. The molecule has 4 nitrogen and oxygen atoms in total. The van der Waals surface area contributed by atoms with Gasteiger partial charge in [-0.3, -0.25) is 4.79 Å². The van der Waals surface area contributed by atoms with Gasteiger partial charge in [-0.15, -0.1) is 0 Å². The Morgan fingerprint density at radius 2 is 2.25 bits per heavy atom. The third kappa shape index (κ3) is 1.55. The average Bonchev–Trinajstić information content (AvgIpc) is 2.70. The minimum Gasteiger partial charge on any atom is -0.481 e. The highest BCUT2D eigenvalue weighted by molar-refractivity contribution is 5.83. The third-order valence-electron chi connectivity index (χ3n) is 2.51.